The van der Waals surface area contributed by atoms with Gasteiger partial charge in [-0.15, -0.1) is 0 Å². The van der Waals surface area contributed by atoms with Crippen molar-refractivity contribution in [3.63, 3.8) is 0 Å². The van der Waals surface area contributed by atoms with E-state index in [1.165, 1.54) is 10.9 Å². The van der Waals surface area contributed by atoms with Crippen LogP contribution in [0.4, 0.5) is 5.69 Å². The number of aromatic nitrogens is 1. The molecule has 0 fully saturated rings. The molecule has 1 aromatic heterocycles. The van der Waals surface area contributed by atoms with Crippen molar-refractivity contribution < 1.29 is 4.79 Å². The number of nitriles is 1. The zero-order valence-corrected chi connectivity index (χ0v) is 13.2. The van der Waals surface area contributed by atoms with E-state index in [-0.39, 0.29) is 12.5 Å². The first-order valence-corrected chi connectivity index (χ1v) is 7.82. The minimum absolute atomic E-state index is 0.0985. The van der Waals surface area contributed by atoms with Crippen molar-refractivity contribution in [2.24, 2.45) is 0 Å². The number of hydrogen-bond donors (Lipinski definition) is 3. The Balaban J connectivity index is 1.44. The minimum Gasteiger partial charge on any atom is -0.361 e. The number of carbonyl (C=O) groups excluding carboxylic acids is 1. The molecule has 24 heavy (non-hydrogen) atoms. The molecule has 3 aromatic rings. The molecule has 3 rings (SSSR count). The van der Waals surface area contributed by atoms with Gasteiger partial charge in [-0.25, -0.2) is 0 Å². The highest BCUT2D eigenvalue weighted by atomic mass is 16.1. The maximum atomic E-state index is 11.9. The molecule has 0 saturated carbocycles. The van der Waals surface area contributed by atoms with E-state index < -0.39 is 0 Å². The van der Waals surface area contributed by atoms with E-state index in [0.717, 1.165) is 18.5 Å². The van der Waals surface area contributed by atoms with E-state index in [0.29, 0.717) is 11.3 Å². The average molecular weight is 318 g/mol. The summed E-state index contributed by atoms with van der Waals surface area (Å²) < 4.78 is 0. The van der Waals surface area contributed by atoms with Crippen LogP contribution in [-0.2, 0) is 11.2 Å². The normalized spacial score (nSPS) is 10.5. The largest absolute Gasteiger partial charge is 0.361 e. The number of carbonyl (C=O) groups is 1. The van der Waals surface area contributed by atoms with E-state index >= 15 is 0 Å². The number of nitrogens with zero attached hydrogens (tertiary/aromatic N) is 1. The third kappa shape index (κ3) is 3.80. The van der Waals surface area contributed by atoms with Crippen molar-refractivity contribution in [3.8, 4) is 6.07 Å². The van der Waals surface area contributed by atoms with Crippen molar-refractivity contribution in [3.05, 3.63) is 65.9 Å². The van der Waals surface area contributed by atoms with Crippen molar-refractivity contribution in [2.75, 3.05) is 18.4 Å². The second-order valence-electron chi connectivity index (χ2n) is 5.52. The third-order valence-electron chi connectivity index (χ3n) is 3.83. The molecule has 0 unspecified atom stereocenters. The summed E-state index contributed by atoms with van der Waals surface area (Å²) in [6.45, 7) is 0.977. The predicted molar refractivity (Wildman–Crippen MR) is 94.7 cm³/mol. The monoisotopic (exact) mass is 318 g/mol. The lowest BCUT2D eigenvalue weighted by molar-refractivity contribution is -0.115. The van der Waals surface area contributed by atoms with Crippen LogP contribution in [0.2, 0.25) is 0 Å². The number of hydrogen-bond acceptors (Lipinski definition) is 3. The van der Waals surface area contributed by atoms with E-state index in [1.807, 2.05) is 24.4 Å². The lowest BCUT2D eigenvalue weighted by Crippen LogP contribution is -2.29. The van der Waals surface area contributed by atoms with Crippen LogP contribution >= 0.6 is 0 Å². The van der Waals surface area contributed by atoms with Gasteiger partial charge in [-0.1, -0.05) is 18.2 Å². The predicted octanol–water partition coefficient (Wildman–Crippen LogP) is 2.81. The Hall–Kier alpha value is -3.10. The van der Waals surface area contributed by atoms with Gasteiger partial charge >= 0.3 is 0 Å². The van der Waals surface area contributed by atoms with Gasteiger partial charge in [-0.2, -0.15) is 5.26 Å². The van der Waals surface area contributed by atoms with Gasteiger partial charge in [-0.3, -0.25) is 4.79 Å². The number of fused-ring (bicyclic) bond motifs is 1. The van der Waals surface area contributed by atoms with Gasteiger partial charge in [0.25, 0.3) is 0 Å². The second-order valence-corrected chi connectivity index (χ2v) is 5.52. The number of amides is 1. The van der Waals surface area contributed by atoms with Crippen LogP contribution in [0.3, 0.4) is 0 Å². The fourth-order valence-electron chi connectivity index (χ4n) is 2.60. The average Bonchev–Trinajstić information content (AvgIpc) is 3.03. The van der Waals surface area contributed by atoms with E-state index in [1.54, 1.807) is 24.3 Å². The maximum Gasteiger partial charge on any atom is 0.238 e. The summed E-state index contributed by atoms with van der Waals surface area (Å²) in [7, 11) is 0. The van der Waals surface area contributed by atoms with Crippen LogP contribution in [0.25, 0.3) is 10.9 Å². The minimum atomic E-state index is -0.0985. The molecular formula is C19H18N4O. The highest BCUT2D eigenvalue weighted by Gasteiger charge is 2.04. The molecule has 0 radical (unpaired) electrons. The summed E-state index contributed by atoms with van der Waals surface area (Å²) in [5.41, 5.74) is 3.64. The summed E-state index contributed by atoms with van der Waals surface area (Å²) in [5.74, 6) is -0.0985. The molecule has 0 atom stereocenters. The van der Waals surface area contributed by atoms with Crippen molar-refractivity contribution >= 4 is 22.5 Å². The van der Waals surface area contributed by atoms with Crippen molar-refractivity contribution in [1.82, 2.24) is 10.3 Å². The SMILES string of the molecule is N#Cc1ccc(NC(=O)CNCCc2c[nH]c3ccccc23)cc1. The molecule has 1 heterocycles. The van der Waals surface area contributed by atoms with Crippen LogP contribution in [0.5, 0.6) is 0 Å². The number of H-pyrrole nitrogens is 1. The molecule has 5 nitrogen and oxygen atoms in total. The highest BCUT2D eigenvalue weighted by molar-refractivity contribution is 5.92. The Labute approximate surface area is 140 Å². The van der Waals surface area contributed by atoms with Gasteiger partial charge in [0.2, 0.25) is 5.91 Å². The van der Waals surface area contributed by atoms with Gasteiger partial charge < -0.3 is 15.6 Å². The number of rotatable bonds is 6. The van der Waals surface area contributed by atoms with Gasteiger partial charge in [-0.05, 0) is 48.9 Å². The maximum absolute atomic E-state index is 11.9. The number of aromatic amines is 1. The summed E-state index contributed by atoms with van der Waals surface area (Å²) in [6.07, 6.45) is 2.87. The molecular weight excluding hydrogens is 300 g/mol. The molecule has 3 N–H and O–H groups in total. The number of anilines is 1. The van der Waals surface area contributed by atoms with Crippen LogP contribution in [0.15, 0.2) is 54.7 Å². The molecule has 120 valence electrons. The van der Waals surface area contributed by atoms with Crippen LogP contribution in [0.1, 0.15) is 11.1 Å². The van der Waals surface area contributed by atoms with Crippen LogP contribution in [0, 0.1) is 11.3 Å². The Morgan fingerprint density at radius 3 is 2.71 bits per heavy atom. The summed E-state index contributed by atoms with van der Waals surface area (Å²) in [4.78, 5) is 15.1. The Kier molecular flexibility index (Phi) is 4.90. The first kappa shape index (κ1) is 15.8. The Morgan fingerprint density at radius 2 is 1.92 bits per heavy atom. The Bertz CT molecular complexity index is 874. The number of para-hydroxylation sites is 1. The van der Waals surface area contributed by atoms with Gasteiger partial charge in [0.05, 0.1) is 18.2 Å². The zero-order chi connectivity index (χ0) is 16.8. The summed E-state index contributed by atoms with van der Waals surface area (Å²) in [5, 5.41) is 15.9. The fourth-order valence-corrected chi connectivity index (χ4v) is 2.60. The molecule has 0 spiro atoms. The summed E-state index contributed by atoms with van der Waals surface area (Å²) in [6, 6.07) is 17.0. The van der Waals surface area contributed by atoms with Gasteiger partial charge in [0.15, 0.2) is 0 Å². The highest BCUT2D eigenvalue weighted by Crippen LogP contribution is 2.17. The topological polar surface area (TPSA) is 80.7 Å². The molecule has 0 bridgehead atoms. The summed E-state index contributed by atoms with van der Waals surface area (Å²) >= 11 is 0. The van der Waals surface area contributed by atoms with Crippen LogP contribution in [-0.4, -0.2) is 24.0 Å². The third-order valence-corrected chi connectivity index (χ3v) is 3.83. The molecule has 0 aliphatic carbocycles. The van der Waals surface area contributed by atoms with Crippen LogP contribution < -0.4 is 10.6 Å². The molecule has 0 aliphatic heterocycles. The Morgan fingerprint density at radius 1 is 1.12 bits per heavy atom. The molecule has 5 heteroatoms. The van der Waals surface area contributed by atoms with E-state index in [4.69, 9.17) is 5.26 Å². The fraction of sp³-hybridized carbons (Fsp3) is 0.158. The molecule has 0 aliphatic rings. The number of benzene rings is 2. The second kappa shape index (κ2) is 7.44. The first-order chi connectivity index (χ1) is 11.8. The lowest BCUT2D eigenvalue weighted by Gasteiger charge is -2.06. The standard InChI is InChI=1S/C19H18N4O/c20-11-14-5-7-16(8-6-14)23-19(24)13-21-10-9-15-12-22-18-4-2-1-3-17(15)18/h1-8,12,21-22H,9-10,13H2,(H,23,24). The quantitative estimate of drug-likeness (QED) is 0.611. The smallest absolute Gasteiger partial charge is 0.238 e. The van der Waals surface area contributed by atoms with Gasteiger partial charge in [0, 0.05) is 22.8 Å². The van der Waals surface area contributed by atoms with Crippen molar-refractivity contribution in [1.29, 1.82) is 5.26 Å². The first-order valence-electron chi connectivity index (χ1n) is 7.82. The number of nitrogens with one attached hydrogen (secondary N) is 3. The van der Waals surface area contributed by atoms with E-state index in [2.05, 4.69) is 27.8 Å². The molecule has 2 aromatic carbocycles. The van der Waals surface area contributed by atoms with Crippen molar-refractivity contribution in [2.45, 2.75) is 6.42 Å². The molecule has 0 saturated heterocycles. The lowest BCUT2D eigenvalue weighted by atomic mass is 10.1. The zero-order valence-electron chi connectivity index (χ0n) is 13.2. The van der Waals surface area contributed by atoms with E-state index in [9.17, 15) is 4.79 Å². The van der Waals surface area contributed by atoms with Gasteiger partial charge in [0.1, 0.15) is 0 Å². The molecule has 1 amide bonds.